The summed E-state index contributed by atoms with van der Waals surface area (Å²) in [5, 5.41) is 14.5. The second-order valence-electron chi connectivity index (χ2n) is 4.65. The molecule has 0 bridgehead atoms. The third-order valence-corrected chi connectivity index (χ3v) is 3.29. The summed E-state index contributed by atoms with van der Waals surface area (Å²) in [6, 6.07) is 5.89. The number of amides is 1. The van der Waals surface area contributed by atoms with Gasteiger partial charge >= 0.3 is 5.97 Å². The molecule has 0 spiro atoms. The molecule has 1 unspecified atom stereocenters. The van der Waals surface area contributed by atoms with Gasteiger partial charge in [-0.05, 0) is 19.1 Å². The van der Waals surface area contributed by atoms with E-state index in [0.29, 0.717) is 5.71 Å². The molecule has 106 valence electrons. The first-order valence-corrected chi connectivity index (χ1v) is 6.16. The molecule has 0 aromatic heterocycles. The number of rotatable bonds is 2. The largest absolute Gasteiger partial charge is 0.478 e. The van der Waals surface area contributed by atoms with E-state index in [2.05, 4.69) is 10.1 Å². The van der Waals surface area contributed by atoms with Crippen LogP contribution < -0.4 is 5.01 Å². The van der Waals surface area contributed by atoms with Gasteiger partial charge in [0.15, 0.2) is 0 Å². The lowest BCUT2D eigenvalue weighted by Gasteiger charge is -2.21. The van der Waals surface area contributed by atoms with Crippen LogP contribution in [-0.2, 0) is 9.59 Å². The Kier molecular flexibility index (Phi) is 2.90. The van der Waals surface area contributed by atoms with Crippen molar-refractivity contribution in [2.24, 2.45) is 16.0 Å². The molecule has 1 aromatic carbocycles. The fourth-order valence-electron chi connectivity index (χ4n) is 2.40. The monoisotopic (exact) mass is 287 g/mol. The van der Waals surface area contributed by atoms with Crippen LogP contribution in [0, 0.1) is 11.7 Å². The first kappa shape index (κ1) is 13.2. The average molecular weight is 287 g/mol. The summed E-state index contributed by atoms with van der Waals surface area (Å²) in [5.41, 5.74) is 0.459. The van der Waals surface area contributed by atoms with Gasteiger partial charge in [-0.1, -0.05) is 12.1 Å². The van der Waals surface area contributed by atoms with E-state index in [1.165, 1.54) is 23.2 Å². The van der Waals surface area contributed by atoms with Gasteiger partial charge in [-0.15, -0.1) is 0 Å². The van der Waals surface area contributed by atoms with E-state index in [0.717, 1.165) is 6.08 Å². The number of carbonyl (C=O) groups excluding carboxylic acids is 1. The van der Waals surface area contributed by atoms with E-state index in [-0.39, 0.29) is 17.1 Å². The second kappa shape index (κ2) is 4.62. The van der Waals surface area contributed by atoms with E-state index >= 15 is 0 Å². The molecule has 1 amide bonds. The fourth-order valence-corrected chi connectivity index (χ4v) is 2.40. The summed E-state index contributed by atoms with van der Waals surface area (Å²) in [7, 11) is 0. The minimum atomic E-state index is -1.22. The number of hydrazone groups is 1. The molecule has 0 fully saturated rings. The van der Waals surface area contributed by atoms with Gasteiger partial charge in [0.2, 0.25) is 0 Å². The van der Waals surface area contributed by atoms with E-state index in [4.69, 9.17) is 0 Å². The number of carboxylic acid groups (broad SMARTS) is 1. The van der Waals surface area contributed by atoms with Gasteiger partial charge in [-0.2, -0.15) is 10.1 Å². The molecule has 1 aromatic rings. The van der Waals surface area contributed by atoms with Crippen LogP contribution in [-0.4, -0.2) is 28.5 Å². The maximum atomic E-state index is 13.9. The lowest BCUT2D eigenvalue weighted by Crippen LogP contribution is -2.35. The maximum Gasteiger partial charge on any atom is 0.332 e. The number of halogens is 1. The number of benzene rings is 1. The number of aliphatic carboxylic acids is 1. The van der Waals surface area contributed by atoms with Gasteiger partial charge in [0.05, 0.1) is 17.2 Å². The number of nitrogens with zero attached hydrogens (tertiary/aromatic N) is 3. The zero-order chi connectivity index (χ0) is 15.1. The van der Waals surface area contributed by atoms with Crippen molar-refractivity contribution in [2.45, 2.75) is 6.92 Å². The molecule has 6 nitrogen and oxygen atoms in total. The Morgan fingerprint density at radius 2 is 2.10 bits per heavy atom. The third-order valence-electron chi connectivity index (χ3n) is 3.29. The molecule has 2 aliphatic heterocycles. The maximum absolute atomic E-state index is 13.9. The molecular formula is C14H10FN3O3. The van der Waals surface area contributed by atoms with E-state index in [1.807, 2.05) is 0 Å². The number of carboxylic acids is 1. The number of anilines is 1. The number of hydrogen-bond donors (Lipinski definition) is 1. The Morgan fingerprint density at radius 1 is 1.38 bits per heavy atom. The minimum absolute atomic E-state index is 0.106. The zero-order valence-corrected chi connectivity index (χ0v) is 10.9. The topological polar surface area (TPSA) is 82.3 Å². The highest BCUT2D eigenvalue weighted by Crippen LogP contribution is 2.32. The van der Waals surface area contributed by atoms with Gasteiger partial charge in [0, 0.05) is 6.08 Å². The van der Waals surface area contributed by atoms with Crippen LogP contribution in [0.5, 0.6) is 0 Å². The first-order chi connectivity index (χ1) is 9.99. The van der Waals surface area contributed by atoms with Crippen molar-refractivity contribution in [3.05, 3.63) is 41.7 Å². The predicted octanol–water partition coefficient (Wildman–Crippen LogP) is 1.59. The van der Waals surface area contributed by atoms with Gasteiger partial charge in [-0.3, -0.25) is 4.79 Å². The van der Waals surface area contributed by atoms with Crippen LogP contribution in [0.25, 0.3) is 0 Å². The van der Waals surface area contributed by atoms with Crippen molar-refractivity contribution in [3.63, 3.8) is 0 Å². The van der Waals surface area contributed by atoms with Crippen LogP contribution in [0.3, 0.4) is 0 Å². The summed E-state index contributed by atoms with van der Waals surface area (Å²) < 4.78 is 13.9. The fraction of sp³-hybridized carbons (Fsp3) is 0.143. The van der Waals surface area contributed by atoms with Crippen molar-refractivity contribution in [1.29, 1.82) is 0 Å². The van der Waals surface area contributed by atoms with Crippen molar-refractivity contribution in [2.75, 3.05) is 5.01 Å². The zero-order valence-electron chi connectivity index (χ0n) is 10.9. The van der Waals surface area contributed by atoms with Gasteiger partial charge < -0.3 is 5.11 Å². The highest BCUT2D eigenvalue weighted by atomic mass is 19.1. The smallest absolute Gasteiger partial charge is 0.332 e. The molecule has 21 heavy (non-hydrogen) atoms. The molecule has 2 heterocycles. The molecule has 0 radical (unpaired) electrons. The Labute approximate surface area is 118 Å². The predicted molar refractivity (Wildman–Crippen MR) is 73.6 cm³/mol. The summed E-state index contributed by atoms with van der Waals surface area (Å²) >= 11 is 0. The van der Waals surface area contributed by atoms with Crippen LogP contribution >= 0.6 is 0 Å². The van der Waals surface area contributed by atoms with Crippen molar-refractivity contribution < 1.29 is 19.1 Å². The highest BCUT2D eigenvalue weighted by molar-refractivity contribution is 6.27. The molecule has 1 N–H and O–H groups in total. The molecular weight excluding hydrogens is 277 g/mol. The van der Waals surface area contributed by atoms with Gasteiger partial charge in [0.1, 0.15) is 17.3 Å². The highest BCUT2D eigenvalue weighted by Gasteiger charge is 2.41. The quantitative estimate of drug-likeness (QED) is 0.895. The SMILES string of the molecule is CC1=NN(c2ccccc2F)C2=NC(=O)C=C(C(=O)O)C12. The van der Waals surface area contributed by atoms with Crippen LogP contribution in [0.2, 0.25) is 0 Å². The Morgan fingerprint density at radius 3 is 2.76 bits per heavy atom. The normalized spacial score (nSPS) is 20.7. The number of hydrogen-bond acceptors (Lipinski definition) is 4. The molecule has 3 rings (SSSR count). The number of aliphatic imine (C=N–C) groups is 1. The Balaban J connectivity index is 2.11. The molecule has 0 aliphatic carbocycles. The molecule has 2 aliphatic rings. The second-order valence-corrected chi connectivity index (χ2v) is 4.65. The Bertz CT molecular complexity index is 752. The summed E-state index contributed by atoms with van der Waals surface area (Å²) in [6.45, 7) is 1.62. The average Bonchev–Trinajstić information content (AvgIpc) is 2.75. The third kappa shape index (κ3) is 2.03. The van der Waals surface area contributed by atoms with Crippen LogP contribution in [0.1, 0.15) is 6.92 Å². The summed E-state index contributed by atoms with van der Waals surface area (Å²) in [6.07, 6.45) is 0.973. The van der Waals surface area contributed by atoms with Crippen molar-refractivity contribution in [3.8, 4) is 0 Å². The lowest BCUT2D eigenvalue weighted by molar-refractivity contribution is -0.133. The van der Waals surface area contributed by atoms with Crippen molar-refractivity contribution >= 4 is 29.1 Å². The minimum Gasteiger partial charge on any atom is -0.478 e. The number of fused-ring (bicyclic) bond motifs is 1. The van der Waals surface area contributed by atoms with Gasteiger partial charge in [-0.25, -0.2) is 14.2 Å². The molecule has 0 saturated heterocycles. The summed E-state index contributed by atoms with van der Waals surface area (Å²) in [5.74, 6) is -3.06. The number of carbonyl (C=O) groups is 2. The standard InChI is InChI=1S/C14H10FN3O3/c1-7-12-8(14(20)21)6-11(19)16-13(12)18(17-7)10-5-3-2-4-9(10)15/h2-6,12H,1H3,(H,20,21). The van der Waals surface area contributed by atoms with E-state index in [1.54, 1.807) is 13.0 Å². The molecule has 0 saturated carbocycles. The molecule has 7 heteroatoms. The van der Waals surface area contributed by atoms with Gasteiger partial charge in [0.25, 0.3) is 5.91 Å². The first-order valence-electron chi connectivity index (χ1n) is 6.16. The molecule has 1 atom stereocenters. The lowest BCUT2D eigenvalue weighted by atomic mass is 9.91. The van der Waals surface area contributed by atoms with E-state index < -0.39 is 23.6 Å². The summed E-state index contributed by atoms with van der Waals surface area (Å²) in [4.78, 5) is 26.7. The van der Waals surface area contributed by atoms with Crippen LogP contribution in [0.15, 0.2) is 46.0 Å². The van der Waals surface area contributed by atoms with Crippen LogP contribution in [0.4, 0.5) is 10.1 Å². The van der Waals surface area contributed by atoms with E-state index in [9.17, 15) is 19.1 Å². The Hall–Kier alpha value is -2.83. The van der Waals surface area contributed by atoms with Crippen molar-refractivity contribution in [1.82, 2.24) is 0 Å². The number of amidine groups is 1. The number of dihydropyridines is 1. The number of para-hydroxylation sites is 1.